The summed E-state index contributed by atoms with van der Waals surface area (Å²) in [5.41, 5.74) is 0.251. The molecule has 0 saturated heterocycles. The minimum atomic E-state index is -4.77. The van der Waals surface area contributed by atoms with Gasteiger partial charge in [0.25, 0.3) is 15.9 Å². The molecule has 8 nitrogen and oxygen atoms in total. The first-order chi connectivity index (χ1) is 17.7. The number of ether oxygens (including phenoxy) is 1. The summed E-state index contributed by atoms with van der Waals surface area (Å²) < 4.78 is 110. The lowest BCUT2D eigenvalue weighted by Gasteiger charge is -2.16. The van der Waals surface area contributed by atoms with E-state index >= 15 is 0 Å². The molecular weight excluding hydrogens is 562 g/mol. The van der Waals surface area contributed by atoms with Crippen LogP contribution in [0.3, 0.4) is 0 Å². The molecule has 0 fully saturated rings. The molecular formula is C22H18F6N4O4S2. The molecule has 1 amide bonds. The van der Waals surface area contributed by atoms with Gasteiger partial charge < -0.3 is 10.1 Å². The maximum Gasteiger partial charge on any atom is 0.445 e. The molecule has 1 unspecified atom stereocenters. The molecule has 1 aromatic heterocycles. The van der Waals surface area contributed by atoms with E-state index in [4.69, 9.17) is 4.74 Å². The van der Waals surface area contributed by atoms with Gasteiger partial charge in [0.2, 0.25) is 10.1 Å². The Bertz CT molecular complexity index is 1470. The first-order valence-electron chi connectivity index (χ1n) is 10.9. The van der Waals surface area contributed by atoms with E-state index in [1.54, 1.807) is 6.92 Å². The van der Waals surface area contributed by atoms with Crippen LogP contribution in [-0.2, 0) is 35.2 Å². The van der Waals surface area contributed by atoms with Gasteiger partial charge >= 0.3 is 12.4 Å². The Balaban J connectivity index is 1.47. The second kappa shape index (κ2) is 10.1. The van der Waals surface area contributed by atoms with Crippen LogP contribution in [0.1, 0.15) is 39.0 Å². The monoisotopic (exact) mass is 580 g/mol. The zero-order valence-electron chi connectivity index (χ0n) is 19.3. The molecule has 1 heterocycles. The minimum Gasteiger partial charge on any atom is -0.493 e. The zero-order chi connectivity index (χ0) is 27.9. The molecule has 0 radical (unpaired) electrons. The van der Waals surface area contributed by atoms with E-state index in [0.717, 1.165) is 23.8 Å². The molecule has 204 valence electrons. The third kappa shape index (κ3) is 6.01. The fourth-order valence-electron chi connectivity index (χ4n) is 3.84. The van der Waals surface area contributed by atoms with Crippen molar-refractivity contribution in [3.05, 3.63) is 63.7 Å². The highest BCUT2D eigenvalue weighted by atomic mass is 32.2. The van der Waals surface area contributed by atoms with Crippen molar-refractivity contribution in [1.29, 1.82) is 0 Å². The van der Waals surface area contributed by atoms with Crippen molar-refractivity contribution in [2.24, 2.45) is 0 Å². The van der Waals surface area contributed by atoms with Crippen LogP contribution in [0.25, 0.3) is 0 Å². The molecule has 3 aromatic rings. The fourth-order valence-corrected chi connectivity index (χ4v) is 5.73. The van der Waals surface area contributed by atoms with Crippen LogP contribution in [0.4, 0.5) is 31.5 Å². The molecule has 2 aromatic carbocycles. The van der Waals surface area contributed by atoms with Gasteiger partial charge in [0.1, 0.15) is 5.75 Å². The van der Waals surface area contributed by atoms with Gasteiger partial charge in [-0.1, -0.05) is 17.4 Å². The summed E-state index contributed by atoms with van der Waals surface area (Å²) in [6, 6.07) is 6.18. The number of aromatic nitrogens is 2. The Morgan fingerprint density at radius 2 is 1.74 bits per heavy atom. The van der Waals surface area contributed by atoms with Crippen LogP contribution >= 0.6 is 11.3 Å². The molecule has 1 atom stereocenters. The quantitative estimate of drug-likeness (QED) is 0.393. The van der Waals surface area contributed by atoms with Gasteiger partial charge in [0.05, 0.1) is 22.6 Å². The van der Waals surface area contributed by atoms with E-state index in [9.17, 15) is 39.6 Å². The Hall–Kier alpha value is -3.40. The van der Waals surface area contributed by atoms with Gasteiger partial charge in [-0.25, -0.2) is 8.42 Å². The van der Waals surface area contributed by atoms with Gasteiger partial charge in [-0.3, -0.25) is 9.52 Å². The summed E-state index contributed by atoms with van der Waals surface area (Å²) in [6.45, 7) is 1.60. The number of alkyl halides is 6. The number of nitrogens with zero attached hydrogens (tertiary/aromatic N) is 2. The minimum absolute atomic E-state index is 0.0380. The number of hydrogen-bond acceptors (Lipinski definition) is 7. The largest absolute Gasteiger partial charge is 0.493 e. The molecule has 1 aliphatic rings. The van der Waals surface area contributed by atoms with Gasteiger partial charge in [0.15, 0.2) is 0 Å². The molecule has 0 spiro atoms. The Morgan fingerprint density at radius 1 is 1.03 bits per heavy atom. The first-order valence-corrected chi connectivity index (χ1v) is 13.2. The standard InChI is InChI=1S/C22H18F6N4O4S2/c1-2-36-17-10-13(21(23,24)25)4-6-16(17)18(33)29-14-7-11-3-5-15(9-12(11)8-14)38(34,35)32-20-31-30-19(37-20)22(26,27)28/h3-6,9-10,14H,2,7-8H2,1H3,(H,29,33)(H,31,32). The number of anilines is 1. The zero-order valence-corrected chi connectivity index (χ0v) is 20.9. The predicted molar refractivity (Wildman–Crippen MR) is 123 cm³/mol. The molecule has 4 rings (SSSR count). The number of halogens is 6. The molecule has 0 aliphatic heterocycles. The average Bonchev–Trinajstić information content (AvgIpc) is 3.44. The summed E-state index contributed by atoms with van der Waals surface area (Å²) in [5, 5.41) is 7.02. The topological polar surface area (TPSA) is 110 Å². The van der Waals surface area contributed by atoms with Crippen LogP contribution in [0.15, 0.2) is 41.3 Å². The van der Waals surface area contributed by atoms with Crippen LogP contribution < -0.4 is 14.8 Å². The van der Waals surface area contributed by atoms with Crippen molar-refractivity contribution >= 4 is 32.4 Å². The third-order valence-corrected chi connectivity index (χ3v) is 7.85. The first kappa shape index (κ1) is 27.6. The normalized spacial score (nSPS) is 15.7. The average molecular weight is 581 g/mol. The SMILES string of the molecule is CCOc1cc(C(F)(F)F)ccc1C(=O)NC1Cc2ccc(S(=O)(=O)Nc3nnc(C(F)(F)F)s3)cc2C1. The van der Waals surface area contributed by atoms with E-state index in [-0.39, 0.29) is 40.6 Å². The predicted octanol–water partition coefficient (Wildman–Crippen LogP) is 4.67. The summed E-state index contributed by atoms with van der Waals surface area (Å²) in [4.78, 5) is 12.6. The second-order valence-corrected chi connectivity index (χ2v) is 10.8. The lowest BCUT2D eigenvalue weighted by Crippen LogP contribution is -2.35. The number of carbonyl (C=O) groups is 1. The van der Waals surface area contributed by atoms with Gasteiger partial charge in [-0.05, 0) is 61.2 Å². The van der Waals surface area contributed by atoms with Crippen LogP contribution in [0.2, 0.25) is 0 Å². The van der Waals surface area contributed by atoms with Gasteiger partial charge in [0, 0.05) is 6.04 Å². The molecule has 2 N–H and O–H groups in total. The Labute approximate surface area is 216 Å². The fraction of sp³-hybridized carbons (Fsp3) is 0.318. The molecule has 0 bridgehead atoms. The highest BCUT2D eigenvalue weighted by Crippen LogP contribution is 2.35. The maximum absolute atomic E-state index is 13.1. The van der Waals surface area contributed by atoms with Crippen LogP contribution in [-0.4, -0.2) is 37.2 Å². The summed E-state index contributed by atoms with van der Waals surface area (Å²) in [6.07, 6.45) is -8.84. The number of hydrogen-bond donors (Lipinski definition) is 2. The van der Waals surface area contributed by atoms with Crippen molar-refractivity contribution in [1.82, 2.24) is 15.5 Å². The van der Waals surface area contributed by atoms with Gasteiger partial charge in [-0.2, -0.15) is 26.3 Å². The molecule has 16 heteroatoms. The molecule has 1 aliphatic carbocycles. The number of fused-ring (bicyclic) bond motifs is 1. The smallest absolute Gasteiger partial charge is 0.445 e. The summed E-state index contributed by atoms with van der Waals surface area (Å²) in [5.74, 6) is -0.883. The van der Waals surface area contributed by atoms with Crippen molar-refractivity contribution in [3.8, 4) is 5.75 Å². The maximum atomic E-state index is 13.1. The molecule has 38 heavy (non-hydrogen) atoms. The second-order valence-electron chi connectivity index (χ2n) is 8.17. The highest BCUT2D eigenvalue weighted by molar-refractivity contribution is 7.93. The van der Waals surface area contributed by atoms with E-state index < -0.39 is 50.0 Å². The van der Waals surface area contributed by atoms with Crippen molar-refractivity contribution < 1.29 is 44.3 Å². The lowest BCUT2D eigenvalue weighted by molar-refractivity contribution is -0.138. The van der Waals surface area contributed by atoms with E-state index in [0.29, 0.717) is 12.0 Å². The number of rotatable bonds is 7. The summed E-state index contributed by atoms with van der Waals surface area (Å²) >= 11 is 0.0410. The van der Waals surface area contributed by atoms with E-state index in [1.165, 1.54) is 18.2 Å². The Morgan fingerprint density at radius 3 is 2.37 bits per heavy atom. The number of amides is 1. The highest BCUT2D eigenvalue weighted by Gasteiger charge is 2.36. The molecule has 0 saturated carbocycles. The number of benzene rings is 2. The van der Waals surface area contributed by atoms with Gasteiger partial charge in [-0.15, -0.1) is 10.2 Å². The third-order valence-electron chi connectivity index (χ3n) is 5.50. The lowest BCUT2D eigenvalue weighted by atomic mass is 10.1. The van der Waals surface area contributed by atoms with Crippen LogP contribution in [0, 0.1) is 0 Å². The number of carbonyl (C=O) groups excluding carboxylic acids is 1. The number of sulfonamides is 1. The Kier molecular flexibility index (Phi) is 7.31. The summed E-state index contributed by atoms with van der Waals surface area (Å²) in [7, 11) is -4.28. The van der Waals surface area contributed by atoms with E-state index in [2.05, 4.69) is 15.5 Å². The number of nitrogens with one attached hydrogen (secondary N) is 2. The van der Waals surface area contributed by atoms with Crippen molar-refractivity contribution in [2.45, 2.75) is 43.1 Å². The van der Waals surface area contributed by atoms with Crippen molar-refractivity contribution in [3.63, 3.8) is 0 Å². The van der Waals surface area contributed by atoms with E-state index in [1.807, 2.05) is 4.72 Å². The van der Waals surface area contributed by atoms with Crippen molar-refractivity contribution in [2.75, 3.05) is 11.3 Å². The van der Waals surface area contributed by atoms with Crippen LogP contribution in [0.5, 0.6) is 5.75 Å².